The quantitative estimate of drug-likeness (QED) is 0.882. The molecular weight excluding hydrogens is 258 g/mol. The smallest absolute Gasteiger partial charge is 0.217 e. The first-order valence-corrected chi connectivity index (χ1v) is 7.00. The number of nitrogens with one attached hydrogen (secondary N) is 2. The molecule has 0 aliphatic heterocycles. The van der Waals surface area contributed by atoms with Crippen molar-refractivity contribution in [1.82, 2.24) is 10.3 Å². The number of benzene rings is 1. The summed E-state index contributed by atoms with van der Waals surface area (Å²) in [6, 6.07) is 8.03. The predicted octanol–water partition coefficient (Wildman–Crippen LogP) is 2.70. The maximum atomic E-state index is 10.8. The van der Waals surface area contributed by atoms with Crippen LogP contribution in [0.15, 0.2) is 29.6 Å². The second-order valence-electron chi connectivity index (χ2n) is 4.32. The fourth-order valence-electron chi connectivity index (χ4n) is 1.65. The van der Waals surface area contributed by atoms with E-state index in [2.05, 4.69) is 21.0 Å². The average Bonchev–Trinajstić information content (AvgIpc) is 2.81. The molecule has 100 valence electrons. The lowest BCUT2D eigenvalue weighted by Crippen LogP contribution is -2.18. The van der Waals surface area contributed by atoms with Crippen LogP contribution in [-0.4, -0.2) is 10.9 Å². The molecule has 1 amide bonds. The van der Waals surface area contributed by atoms with Crippen LogP contribution in [-0.2, 0) is 17.9 Å². The zero-order valence-corrected chi connectivity index (χ0v) is 11.9. The molecule has 0 atom stereocenters. The predicted molar refractivity (Wildman–Crippen MR) is 78.1 cm³/mol. The summed E-state index contributed by atoms with van der Waals surface area (Å²) in [5.41, 5.74) is 3.20. The SMILES string of the molecule is CC(=O)NCc1ccc(NCc2csc(C)n2)cc1. The standard InChI is InChI=1S/C14H17N3OS/c1-10(18)15-7-12-3-5-13(6-4-12)16-8-14-9-19-11(2)17-14/h3-6,9,16H,7-8H2,1-2H3,(H,15,18). The van der Waals surface area contributed by atoms with Gasteiger partial charge < -0.3 is 10.6 Å². The Bertz CT molecular complexity index is 548. The number of thiazole rings is 1. The minimum Gasteiger partial charge on any atom is -0.379 e. The van der Waals surface area contributed by atoms with Gasteiger partial charge in [0.2, 0.25) is 5.91 Å². The number of rotatable bonds is 5. The Morgan fingerprint density at radius 1 is 1.26 bits per heavy atom. The fourth-order valence-corrected chi connectivity index (χ4v) is 2.26. The van der Waals surface area contributed by atoms with Crippen LogP contribution in [0.25, 0.3) is 0 Å². The topological polar surface area (TPSA) is 54.0 Å². The second-order valence-corrected chi connectivity index (χ2v) is 5.38. The summed E-state index contributed by atoms with van der Waals surface area (Å²) in [5, 5.41) is 9.25. The minimum atomic E-state index is -0.0129. The largest absolute Gasteiger partial charge is 0.379 e. The number of anilines is 1. The van der Waals surface area contributed by atoms with E-state index in [4.69, 9.17) is 0 Å². The second kappa shape index (κ2) is 6.33. The first kappa shape index (κ1) is 13.5. The normalized spacial score (nSPS) is 10.2. The molecule has 1 heterocycles. The highest BCUT2D eigenvalue weighted by molar-refractivity contribution is 7.09. The highest BCUT2D eigenvalue weighted by Crippen LogP contribution is 2.13. The molecule has 1 aromatic carbocycles. The van der Waals surface area contributed by atoms with E-state index in [9.17, 15) is 4.79 Å². The summed E-state index contributed by atoms with van der Waals surface area (Å²) in [6.45, 7) is 4.83. The molecule has 4 nitrogen and oxygen atoms in total. The van der Waals surface area contributed by atoms with Gasteiger partial charge >= 0.3 is 0 Å². The van der Waals surface area contributed by atoms with E-state index in [0.717, 1.165) is 28.5 Å². The van der Waals surface area contributed by atoms with Crippen molar-refractivity contribution in [3.63, 3.8) is 0 Å². The van der Waals surface area contributed by atoms with Gasteiger partial charge in [-0.2, -0.15) is 0 Å². The zero-order chi connectivity index (χ0) is 13.7. The molecule has 0 aliphatic carbocycles. The van der Waals surface area contributed by atoms with Gasteiger partial charge in [-0.3, -0.25) is 4.79 Å². The van der Waals surface area contributed by atoms with Crippen molar-refractivity contribution in [3.05, 3.63) is 45.9 Å². The summed E-state index contributed by atoms with van der Waals surface area (Å²) < 4.78 is 0. The van der Waals surface area contributed by atoms with Crippen LogP contribution in [0.1, 0.15) is 23.2 Å². The lowest BCUT2D eigenvalue weighted by Gasteiger charge is -2.06. The summed E-state index contributed by atoms with van der Waals surface area (Å²) in [6.07, 6.45) is 0. The molecule has 0 aliphatic rings. The number of carbonyl (C=O) groups excluding carboxylic acids is 1. The lowest BCUT2D eigenvalue weighted by atomic mass is 10.2. The number of amides is 1. The van der Waals surface area contributed by atoms with Crippen molar-refractivity contribution in [2.75, 3.05) is 5.32 Å². The van der Waals surface area contributed by atoms with E-state index in [-0.39, 0.29) is 5.91 Å². The van der Waals surface area contributed by atoms with Gasteiger partial charge in [0.1, 0.15) is 0 Å². The van der Waals surface area contributed by atoms with Crippen LogP contribution in [0.5, 0.6) is 0 Å². The Morgan fingerprint density at radius 3 is 2.58 bits per heavy atom. The van der Waals surface area contributed by atoms with E-state index in [1.807, 2.05) is 31.2 Å². The van der Waals surface area contributed by atoms with Crippen molar-refractivity contribution in [2.45, 2.75) is 26.9 Å². The van der Waals surface area contributed by atoms with Crippen LogP contribution in [0.2, 0.25) is 0 Å². The van der Waals surface area contributed by atoms with Crippen molar-refractivity contribution in [3.8, 4) is 0 Å². The molecule has 0 radical (unpaired) electrons. The lowest BCUT2D eigenvalue weighted by molar-refractivity contribution is -0.119. The molecule has 2 N–H and O–H groups in total. The summed E-state index contributed by atoms with van der Waals surface area (Å²) in [4.78, 5) is 15.2. The van der Waals surface area contributed by atoms with Gasteiger partial charge in [-0.1, -0.05) is 12.1 Å². The molecule has 1 aromatic heterocycles. The third-order valence-corrected chi connectivity index (χ3v) is 3.46. The molecule has 0 saturated heterocycles. The molecule has 0 bridgehead atoms. The Labute approximate surface area is 116 Å². The average molecular weight is 275 g/mol. The number of hydrogen-bond donors (Lipinski definition) is 2. The number of aromatic nitrogens is 1. The Balaban J connectivity index is 1.86. The first-order valence-electron chi connectivity index (χ1n) is 6.12. The van der Waals surface area contributed by atoms with Gasteiger partial charge in [-0.15, -0.1) is 11.3 Å². The minimum absolute atomic E-state index is 0.0129. The van der Waals surface area contributed by atoms with E-state index in [1.165, 1.54) is 6.92 Å². The summed E-state index contributed by atoms with van der Waals surface area (Å²) in [5.74, 6) is -0.0129. The van der Waals surface area contributed by atoms with Crippen LogP contribution in [0.4, 0.5) is 5.69 Å². The van der Waals surface area contributed by atoms with Crippen molar-refractivity contribution < 1.29 is 4.79 Å². The van der Waals surface area contributed by atoms with Gasteiger partial charge in [0.25, 0.3) is 0 Å². The number of carbonyl (C=O) groups is 1. The van der Waals surface area contributed by atoms with Gasteiger partial charge in [0.15, 0.2) is 0 Å². The van der Waals surface area contributed by atoms with Crippen LogP contribution >= 0.6 is 11.3 Å². The molecule has 2 rings (SSSR count). The maximum Gasteiger partial charge on any atom is 0.217 e. The van der Waals surface area contributed by atoms with Crippen molar-refractivity contribution in [2.24, 2.45) is 0 Å². The van der Waals surface area contributed by atoms with Crippen LogP contribution in [0, 0.1) is 6.92 Å². The number of hydrogen-bond acceptors (Lipinski definition) is 4. The Kier molecular flexibility index (Phi) is 4.52. The molecule has 0 fully saturated rings. The van der Waals surface area contributed by atoms with Crippen molar-refractivity contribution >= 4 is 22.9 Å². The number of nitrogens with zero attached hydrogens (tertiary/aromatic N) is 1. The van der Waals surface area contributed by atoms with E-state index >= 15 is 0 Å². The van der Waals surface area contributed by atoms with E-state index in [0.29, 0.717) is 6.54 Å². The molecule has 19 heavy (non-hydrogen) atoms. The summed E-state index contributed by atoms with van der Waals surface area (Å²) >= 11 is 1.66. The maximum absolute atomic E-state index is 10.8. The van der Waals surface area contributed by atoms with E-state index in [1.54, 1.807) is 11.3 Å². The van der Waals surface area contributed by atoms with Gasteiger partial charge in [0.05, 0.1) is 17.2 Å². The van der Waals surface area contributed by atoms with Gasteiger partial charge in [-0.05, 0) is 24.6 Å². The first-order chi connectivity index (χ1) is 9.13. The molecule has 5 heteroatoms. The van der Waals surface area contributed by atoms with Crippen LogP contribution in [0.3, 0.4) is 0 Å². The molecular formula is C14H17N3OS. The summed E-state index contributed by atoms with van der Waals surface area (Å²) in [7, 11) is 0. The third kappa shape index (κ3) is 4.37. The Hall–Kier alpha value is -1.88. The van der Waals surface area contributed by atoms with E-state index < -0.39 is 0 Å². The fraction of sp³-hybridized carbons (Fsp3) is 0.286. The number of aryl methyl sites for hydroxylation is 1. The van der Waals surface area contributed by atoms with Gasteiger partial charge in [-0.25, -0.2) is 4.98 Å². The molecule has 0 unspecified atom stereocenters. The highest BCUT2D eigenvalue weighted by Gasteiger charge is 1.99. The zero-order valence-electron chi connectivity index (χ0n) is 11.1. The third-order valence-electron chi connectivity index (χ3n) is 2.64. The molecule has 0 saturated carbocycles. The Morgan fingerprint density at radius 2 is 2.00 bits per heavy atom. The highest BCUT2D eigenvalue weighted by atomic mass is 32.1. The van der Waals surface area contributed by atoms with Gasteiger partial charge in [0, 0.05) is 24.5 Å². The monoisotopic (exact) mass is 275 g/mol. The molecule has 0 spiro atoms. The molecule has 2 aromatic rings. The van der Waals surface area contributed by atoms with Crippen LogP contribution < -0.4 is 10.6 Å². The van der Waals surface area contributed by atoms with Crippen molar-refractivity contribution in [1.29, 1.82) is 0 Å².